The van der Waals surface area contributed by atoms with Gasteiger partial charge in [0.25, 0.3) is 0 Å². The number of imidazole rings is 1. The highest BCUT2D eigenvalue weighted by atomic mass is 16.5. The number of hydrogen-bond acceptors (Lipinski definition) is 11. The van der Waals surface area contributed by atoms with Crippen LogP contribution in [0.1, 0.15) is 73.6 Å². The molecule has 0 saturated carbocycles. The smallest absolute Gasteiger partial charge is 0.336 e. The van der Waals surface area contributed by atoms with Gasteiger partial charge in [0.15, 0.2) is 11.5 Å². The summed E-state index contributed by atoms with van der Waals surface area (Å²) in [6, 6.07) is 18.3. The third kappa shape index (κ3) is 9.17. The van der Waals surface area contributed by atoms with Crippen molar-refractivity contribution < 1.29 is 19.3 Å². The summed E-state index contributed by atoms with van der Waals surface area (Å²) in [7, 11) is 7.60. The van der Waals surface area contributed by atoms with Crippen LogP contribution in [0, 0.1) is 12.8 Å². The number of aromatic nitrogens is 5. The maximum absolute atomic E-state index is 11.9. The van der Waals surface area contributed by atoms with Gasteiger partial charge in [-0.05, 0) is 100 Å². The number of aliphatic hydroxyl groups excluding tert-OH is 1. The zero-order valence-electron chi connectivity index (χ0n) is 32.2. The molecule has 1 aliphatic heterocycles. The number of methoxy groups -OCH3 is 2. The van der Waals surface area contributed by atoms with Gasteiger partial charge >= 0.3 is 6.01 Å². The van der Waals surface area contributed by atoms with E-state index in [4.69, 9.17) is 34.3 Å². The molecule has 2 aromatic carbocycles. The Morgan fingerprint density at radius 2 is 1.53 bits per heavy atom. The molecule has 1 saturated heterocycles. The number of aliphatic hydroxyl groups is 1. The van der Waals surface area contributed by atoms with Crippen LogP contribution < -0.4 is 24.0 Å². The third-order valence-electron chi connectivity index (χ3n) is 9.92. The van der Waals surface area contributed by atoms with Gasteiger partial charge in [0, 0.05) is 44.5 Å². The van der Waals surface area contributed by atoms with Crippen LogP contribution in [0.2, 0.25) is 0 Å². The van der Waals surface area contributed by atoms with E-state index in [1.165, 1.54) is 0 Å². The van der Waals surface area contributed by atoms with Crippen LogP contribution in [0.5, 0.6) is 17.5 Å². The van der Waals surface area contributed by atoms with E-state index in [1.54, 1.807) is 31.1 Å². The molecule has 0 bridgehead atoms. The highest BCUT2D eigenvalue weighted by Gasteiger charge is 2.26. The number of hydrogen-bond donors (Lipinski definition) is 1. The summed E-state index contributed by atoms with van der Waals surface area (Å²) in [5.41, 5.74) is 4.84. The van der Waals surface area contributed by atoms with Gasteiger partial charge in [0.2, 0.25) is 0 Å². The van der Waals surface area contributed by atoms with E-state index in [9.17, 15) is 5.11 Å². The maximum atomic E-state index is 11.9. The number of anilines is 2. The molecule has 3 aromatic heterocycles. The SMILES string of the molecule is CCCC(C)Oc1nc(N(Cc2ccc(OC)cc2)Cc2ccc(OC)cc2)c2ncc(C(O)c3cnc(N4CCC(CN(C)C)CC4)c(C)c3)n2n1. The average Bonchev–Trinajstić information content (AvgIpc) is 3.58. The van der Waals surface area contributed by atoms with E-state index in [0.717, 1.165) is 79.3 Å². The number of benzene rings is 2. The molecular weight excluding hydrogens is 669 g/mol. The topological polar surface area (TPSA) is 114 Å². The lowest BCUT2D eigenvalue weighted by atomic mass is 9.96. The normalized spacial score (nSPS) is 14.8. The minimum absolute atomic E-state index is 0.105. The summed E-state index contributed by atoms with van der Waals surface area (Å²) in [6.45, 7) is 10.3. The molecule has 4 heterocycles. The van der Waals surface area contributed by atoms with Gasteiger partial charge in [-0.25, -0.2) is 14.5 Å². The van der Waals surface area contributed by atoms with Gasteiger partial charge in [-0.1, -0.05) is 37.6 Å². The number of fused-ring (bicyclic) bond motifs is 1. The van der Waals surface area contributed by atoms with Crippen molar-refractivity contribution >= 4 is 17.3 Å². The third-order valence-corrected chi connectivity index (χ3v) is 9.92. The fraction of sp³-hybridized carbons (Fsp3) is 0.463. The van der Waals surface area contributed by atoms with E-state index in [2.05, 4.69) is 42.6 Å². The first-order valence-corrected chi connectivity index (χ1v) is 18.6. The molecule has 5 aromatic rings. The van der Waals surface area contributed by atoms with Gasteiger partial charge in [-0.2, -0.15) is 4.98 Å². The van der Waals surface area contributed by atoms with E-state index in [-0.39, 0.29) is 12.1 Å². The molecule has 0 aliphatic carbocycles. The van der Waals surface area contributed by atoms with E-state index in [1.807, 2.05) is 61.5 Å². The summed E-state index contributed by atoms with van der Waals surface area (Å²) < 4.78 is 18.8. The Bertz CT molecular complexity index is 1870. The van der Waals surface area contributed by atoms with Gasteiger partial charge in [0.05, 0.1) is 32.2 Å². The van der Waals surface area contributed by atoms with E-state index < -0.39 is 6.10 Å². The van der Waals surface area contributed by atoms with Crippen LogP contribution >= 0.6 is 0 Å². The van der Waals surface area contributed by atoms with Gasteiger partial charge in [-0.15, -0.1) is 5.10 Å². The first-order chi connectivity index (χ1) is 25.6. The minimum Gasteiger partial charge on any atom is -0.497 e. The van der Waals surface area contributed by atoms with Gasteiger partial charge < -0.3 is 34.0 Å². The summed E-state index contributed by atoms with van der Waals surface area (Å²) in [5.74, 6) is 3.84. The number of rotatable bonds is 16. The van der Waals surface area contributed by atoms with Gasteiger partial charge in [-0.3, -0.25) is 0 Å². The molecular formula is C41H54N8O4. The lowest BCUT2D eigenvalue weighted by Gasteiger charge is -2.34. The summed E-state index contributed by atoms with van der Waals surface area (Å²) in [6.07, 6.45) is 6.41. The van der Waals surface area contributed by atoms with Crippen molar-refractivity contribution in [1.82, 2.24) is 29.5 Å². The summed E-state index contributed by atoms with van der Waals surface area (Å²) >= 11 is 0. The number of nitrogens with zero attached hydrogens (tertiary/aromatic N) is 8. The van der Waals surface area contributed by atoms with Crippen molar-refractivity contribution in [3.8, 4) is 17.5 Å². The molecule has 1 aliphatic rings. The zero-order chi connectivity index (χ0) is 37.5. The molecule has 2 unspecified atom stereocenters. The van der Waals surface area contributed by atoms with E-state index in [0.29, 0.717) is 41.7 Å². The molecule has 53 heavy (non-hydrogen) atoms. The van der Waals surface area contributed by atoms with Crippen LogP contribution in [0.3, 0.4) is 0 Å². The Kier molecular flexibility index (Phi) is 12.3. The first-order valence-electron chi connectivity index (χ1n) is 18.6. The predicted molar refractivity (Wildman–Crippen MR) is 208 cm³/mol. The molecule has 1 fully saturated rings. The molecule has 2 atom stereocenters. The molecule has 6 rings (SSSR count). The Morgan fingerprint density at radius 3 is 2.08 bits per heavy atom. The molecule has 282 valence electrons. The van der Waals surface area contributed by atoms with Crippen LogP contribution in [-0.4, -0.2) is 88.6 Å². The number of aryl methyl sites for hydroxylation is 1. The average molecular weight is 723 g/mol. The van der Waals surface area contributed by atoms with Crippen molar-refractivity contribution in [3.05, 3.63) is 94.9 Å². The molecule has 1 N–H and O–H groups in total. The van der Waals surface area contributed by atoms with E-state index >= 15 is 0 Å². The second-order valence-corrected chi connectivity index (χ2v) is 14.4. The molecule has 0 amide bonds. The first kappa shape index (κ1) is 37.8. The van der Waals surface area contributed by atoms with Crippen molar-refractivity contribution in [2.45, 2.75) is 71.8 Å². The number of piperidine rings is 1. The summed E-state index contributed by atoms with van der Waals surface area (Å²) in [4.78, 5) is 21.5. The Morgan fingerprint density at radius 1 is 0.906 bits per heavy atom. The van der Waals surface area contributed by atoms with Gasteiger partial charge in [0.1, 0.15) is 23.4 Å². The minimum atomic E-state index is -1.03. The fourth-order valence-electron chi connectivity index (χ4n) is 7.15. The van der Waals surface area contributed by atoms with Crippen LogP contribution in [0.4, 0.5) is 11.6 Å². The highest BCUT2D eigenvalue weighted by molar-refractivity contribution is 5.65. The number of pyridine rings is 1. The molecule has 12 nitrogen and oxygen atoms in total. The van der Waals surface area contributed by atoms with Crippen molar-refractivity contribution in [2.24, 2.45) is 5.92 Å². The van der Waals surface area contributed by atoms with Crippen molar-refractivity contribution in [3.63, 3.8) is 0 Å². The number of ether oxygens (including phenoxy) is 3. The largest absolute Gasteiger partial charge is 0.497 e. The molecule has 12 heteroatoms. The molecule has 0 spiro atoms. The summed E-state index contributed by atoms with van der Waals surface area (Å²) in [5, 5.41) is 16.7. The quantitative estimate of drug-likeness (QED) is 0.121. The predicted octanol–water partition coefficient (Wildman–Crippen LogP) is 6.48. The van der Waals surface area contributed by atoms with Crippen molar-refractivity contribution in [2.75, 3.05) is 57.7 Å². The van der Waals surface area contributed by atoms with Crippen LogP contribution in [0.25, 0.3) is 5.65 Å². The zero-order valence-corrected chi connectivity index (χ0v) is 32.2. The van der Waals surface area contributed by atoms with Crippen molar-refractivity contribution in [1.29, 1.82) is 0 Å². The highest BCUT2D eigenvalue weighted by Crippen LogP contribution is 2.32. The fourth-order valence-corrected chi connectivity index (χ4v) is 7.15. The van der Waals surface area contributed by atoms with Crippen LogP contribution in [0.15, 0.2) is 67.0 Å². The monoisotopic (exact) mass is 722 g/mol. The lowest BCUT2D eigenvalue weighted by molar-refractivity contribution is 0.186. The lowest BCUT2D eigenvalue weighted by Crippen LogP contribution is -2.37. The molecule has 0 radical (unpaired) electrons. The Labute approximate surface area is 313 Å². The Hall–Kier alpha value is -4.94. The Balaban J connectivity index is 1.36. The second-order valence-electron chi connectivity index (χ2n) is 14.4. The maximum Gasteiger partial charge on any atom is 0.336 e. The second kappa shape index (κ2) is 17.3. The van der Waals surface area contributed by atoms with Crippen LogP contribution in [-0.2, 0) is 13.1 Å². The standard InChI is InChI=1S/C41H54N8O4/c1-8-9-29(3)53-41-44-40(48(26-30-10-14-34(51-6)15-11-30)27-31-12-16-35(52-7)17-13-31)39-43-24-36(49(39)45-41)37(50)33-22-28(2)38(42-23-33)47-20-18-32(19-21-47)25-46(4)5/h10-17,22-24,29,32,37,50H,8-9,18-21,25-27H2,1-7H3.